The zero-order chi connectivity index (χ0) is 13.1. The molecule has 18 heavy (non-hydrogen) atoms. The molecule has 0 aliphatic rings. The summed E-state index contributed by atoms with van der Waals surface area (Å²) in [5.41, 5.74) is 0.418. The van der Waals surface area contributed by atoms with E-state index >= 15 is 0 Å². The van der Waals surface area contributed by atoms with Gasteiger partial charge in [0.15, 0.2) is 0 Å². The van der Waals surface area contributed by atoms with Crippen molar-refractivity contribution in [3.8, 4) is 0 Å². The first-order chi connectivity index (χ1) is 8.58. The summed E-state index contributed by atoms with van der Waals surface area (Å²) < 4.78 is 13.7. The number of rotatable bonds is 3. The normalized spacial score (nSPS) is 12.2. The molecule has 1 atom stereocenters. The maximum Gasteiger partial charge on any atom is 0.282 e. The van der Waals surface area contributed by atoms with Crippen LogP contribution in [0.1, 0.15) is 28.3 Å². The fraction of sp³-hybridized carbons (Fsp3) is 0.182. The second kappa shape index (κ2) is 5.41. The maximum absolute atomic E-state index is 13.5. The van der Waals surface area contributed by atoms with Gasteiger partial charge in [-0.3, -0.25) is 4.79 Å². The highest BCUT2D eigenvalue weighted by Crippen LogP contribution is 2.18. The lowest BCUT2D eigenvalue weighted by Crippen LogP contribution is -2.27. The van der Waals surface area contributed by atoms with E-state index < -0.39 is 11.9 Å². The standard InChI is InChI=1S/C11H9ClFN3OS/c1-6(7-4-2-3-5-8(7)13)14-9(17)10-15-16-11(12)18-10/h2-6H,1H3,(H,14,17). The fourth-order valence-corrected chi connectivity index (χ4v) is 2.19. The number of hydrogen-bond donors (Lipinski definition) is 1. The summed E-state index contributed by atoms with van der Waals surface area (Å²) in [6, 6.07) is 5.81. The van der Waals surface area contributed by atoms with Crippen LogP contribution in [0.4, 0.5) is 4.39 Å². The van der Waals surface area contributed by atoms with E-state index in [1.165, 1.54) is 6.07 Å². The molecule has 0 saturated heterocycles. The minimum absolute atomic E-state index is 0.156. The van der Waals surface area contributed by atoms with Crippen LogP contribution < -0.4 is 5.32 Å². The van der Waals surface area contributed by atoms with Gasteiger partial charge in [-0.25, -0.2) is 4.39 Å². The van der Waals surface area contributed by atoms with E-state index in [0.29, 0.717) is 5.56 Å². The summed E-state index contributed by atoms with van der Waals surface area (Å²) in [4.78, 5) is 11.8. The molecular weight excluding hydrogens is 277 g/mol. The van der Waals surface area contributed by atoms with Gasteiger partial charge in [0.1, 0.15) is 5.82 Å². The summed E-state index contributed by atoms with van der Waals surface area (Å²) in [5.74, 6) is -0.782. The SMILES string of the molecule is CC(NC(=O)c1nnc(Cl)s1)c1ccccc1F. The summed E-state index contributed by atoms with van der Waals surface area (Å²) in [5, 5.41) is 9.94. The van der Waals surface area contributed by atoms with Crippen LogP contribution in [0.15, 0.2) is 24.3 Å². The highest BCUT2D eigenvalue weighted by Gasteiger charge is 2.17. The van der Waals surface area contributed by atoms with E-state index in [-0.39, 0.29) is 15.3 Å². The van der Waals surface area contributed by atoms with Gasteiger partial charge in [-0.1, -0.05) is 29.5 Å². The number of hydrogen-bond acceptors (Lipinski definition) is 4. The van der Waals surface area contributed by atoms with Crippen molar-refractivity contribution in [2.24, 2.45) is 0 Å². The number of halogens is 2. The van der Waals surface area contributed by atoms with Gasteiger partial charge in [0.25, 0.3) is 5.91 Å². The molecule has 4 nitrogen and oxygen atoms in total. The van der Waals surface area contributed by atoms with Crippen LogP contribution in [0.3, 0.4) is 0 Å². The number of carbonyl (C=O) groups is 1. The lowest BCUT2D eigenvalue weighted by atomic mass is 10.1. The van der Waals surface area contributed by atoms with Crippen LogP contribution in [0.2, 0.25) is 4.47 Å². The van der Waals surface area contributed by atoms with Crippen LogP contribution >= 0.6 is 22.9 Å². The Morgan fingerprint density at radius 3 is 2.78 bits per heavy atom. The molecule has 1 aromatic heterocycles. The van der Waals surface area contributed by atoms with Crippen molar-refractivity contribution in [3.05, 3.63) is 45.1 Å². The minimum atomic E-state index is -0.457. The first-order valence-electron chi connectivity index (χ1n) is 5.12. The Hall–Kier alpha value is -1.53. The molecule has 94 valence electrons. The molecule has 1 N–H and O–H groups in total. The van der Waals surface area contributed by atoms with Gasteiger partial charge in [0, 0.05) is 5.56 Å². The third kappa shape index (κ3) is 2.83. The second-order valence-corrected chi connectivity index (χ2v) is 5.14. The zero-order valence-electron chi connectivity index (χ0n) is 9.35. The minimum Gasteiger partial charge on any atom is -0.343 e. The highest BCUT2D eigenvalue weighted by molar-refractivity contribution is 7.17. The molecule has 0 saturated carbocycles. The average Bonchev–Trinajstić information content (AvgIpc) is 2.76. The number of benzene rings is 1. The molecule has 0 fully saturated rings. The summed E-state index contributed by atoms with van der Waals surface area (Å²) in [6.07, 6.45) is 0. The van der Waals surface area contributed by atoms with E-state index in [2.05, 4.69) is 15.5 Å². The second-order valence-electron chi connectivity index (χ2n) is 3.58. The van der Waals surface area contributed by atoms with Gasteiger partial charge in [-0.05, 0) is 24.6 Å². The Morgan fingerprint density at radius 2 is 2.17 bits per heavy atom. The molecule has 0 aliphatic carbocycles. The summed E-state index contributed by atoms with van der Waals surface area (Å²) >= 11 is 6.56. The van der Waals surface area contributed by atoms with Gasteiger partial charge in [-0.15, -0.1) is 10.2 Å². The molecule has 1 unspecified atom stereocenters. The molecule has 0 spiro atoms. The van der Waals surface area contributed by atoms with Gasteiger partial charge >= 0.3 is 0 Å². The van der Waals surface area contributed by atoms with Crippen molar-refractivity contribution in [1.29, 1.82) is 0 Å². The van der Waals surface area contributed by atoms with Crippen LogP contribution in [-0.4, -0.2) is 16.1 Å². The van der Waals surface area contributed by atoms with Crippen molar-refractivity contribution in [2.75, 3.05) is 0 Å². The number of carbonyl (C=O) groups excluding carboxylic acids is 1. The van der Waals surface area contributed by atoms with E-state index in [4.69, 9.17) is 11.6 Å². The molecule has 2 aromatic rings. The van der Waals surface area contributed by atoms with Crippen LogP contribution in [0.5, 0.6) is 0 Å². The Morgan fingerprint density at radius 1 is 1.44 bits per heavy atom. The first kappa shape index (κ1) is 12.9. The highest BCUT2D eigenvalue weighted by atomic mass is 35.5. The molecule has 1 aromatic carbocycles. The largest absolute Gasteiger partial charge is 0.343 e. The lowest BCUT2D eigenvalue weighted by Gasteiger charge is -2.13. The predicted molar refractivity (Wildman–Crippen MR) is 67.2 cm³/mol. The molecular formula is C11H9ClFN3OS. The van der Waals surface area contributed by atoms with E-state index in [1.54, 1.807) is 25.1 Å². The topological polar surface area (TPSA) is 54.9 Å². The third-order valence-corrected chi connectivity index (χ3v) is 3.33. The number of amides is 1. The Bertz CT molecular complexity index is 575. The van der Waals surface area contributed by atoms with Gasteiger partial charge in [-0.2, -0.15) is 0 Å². The maximum atomic E-state index is 13.5. The first-order valence-corrected chi connectivity index (χ1v) is 6.31. The molecule has 2 rings (SSSR count). The number of nitrogens with one attached hydrogen (secondary N) is 1. The average molecular weight is 286 g/mol. The van der Waals surface area contributed by atoms with Gasteiger partial charge in [0.2, 0.25) is 9.47 Å². The molecule has 0 bridgehead atoms. The molecule has 1 heterocycles. The summed E-state index contributed by atoms with van der Waals surface area (Å²) in [6.45, 7) is 1.69. The Kier molecular flexibility index (Phi) is 3.88. The monoisotopic (exact) mass is 285 g/mol. The molecule has 7 heteroatoms. The van der Waals surface area contributed by atoms with Gasteiger partial charge < -0.3 is 5.32 Å². The summed E-state index contributed by atoms with van der Waals surface area (Å²) in [7, 11) is 0. The Labute approximate surface area is 112 Å². The molecule has 0 radical (unpaired) electrons. The molecule has 1 amide bonds. The van der Waals surface area contributed by atoms with Crippen LogP contribution in [0.25, 0.3) is 0 Å². The van der Waals surface area contributed by atoms with Crippen molar-refractivity contribution < 1.29 is 9.18 Å². The third-order valence-electron chi connectivity index (χ3n) is 2.31. The predicted octanol–water partition coefficient (Wildman–Crippen LogP) is 2.82. The van der Waals surface area contributed by atoms with E-state index in [9.17, 15) is 9.18 Å². The smallest absolute Gasteiger partial charge is 0.282 e. The number of nitrogens with zero attached hydrogens (tertiary/aromatic N) is 2. The fourth-order valence-electron chi connectivity index (χ4n) is 1.46. The number of aromatic nitrogens is 2. The van der Waals surface area contributed by atoms with Crippen molar-refractivity contribution in [3.63, 3.8) is 0 Å². The van der Waals surface area contributed by atoms with Crippen molar-refractivity contribution in [1.82, 2.24) is 15.5 Å². The zero-order valence-corrected chi connectivity index (χ0v) is 10.9. The van der Waals surface area contributed by atoms with E-state index in [1.807, 2.05) is 0 Å². The molecule has 0 aliphatic heterocycles. The van der Waals surface area contributed by atoms with Gasteiger partial charge in [0.05, 0.1) is 6.04 Å². The Balaban J connectivity index is 2.10. The van der Waals surface area contributed by atoms with Crippen molar-refractivity contribution >= 4 is 28.8 Å². The van der Waals surface area contributed by atoms with Crippen LogP contribution in [0, 0.1) is 5.82 Å². The lowest BCUT2D eigenvalue weighted by molar-refractivity contribution is 0.0938. The van der Waals surface area contributed by atoms with Crippen molar-refractivity contribution in [2.45, 2.75) is 13.0 Å². The quantitative estimate of drug-likeness (QED) is 0.943. The van der Waals surface area contributed by atoms with Crippen LogP contribution in [-0.2, 0) is 0 Å². The van der Waals surface area contributed by atoms with E-state index in [0.717, 1.165) is 11.3 Å².